The Kier molecular flexibility index (Phi) is 6.55. The largest absolute Gasteiger partial charge is 0.478 e. The van der Waals surface area contributed by atoms with Gasteiger partial charge in [0, 0.05) is 5.54 Å². The quantitative estimate of drug-likeness (QED) is 0.800. The maximum absolute atomic E-state index is 13.8. The lowest BCUT2D eigenvalue weighted by atomic mass is 10.1. The number of benzene rings is 2. The first kappa shape index (κ1) is 20.4. The Morgan fingerprint density at radius 3 is 2.33 bits per heavy atom. The molecule has 2 rings (SSSR count). The number of hydrogen-bond acceptors (Lipinski definition) is 3. The molecule has 2 aromatic carbocycles. The SMILES string of the molecule is CC[C@@H](Oc1ccccc1F)C(=O)Nc1ccccc1C(=O)NC(C)(C)C. The second kappa shape index (κ2) is 8.66. The summed E-state index contributed by atoms with van der Waals surface area (Å²) in [6, 6.07) is 12.6. The summed E-state index contributed by atoms with van der Waals surface area (Å²) in [4.78, 5) is 25.1. The number of rotatable bonds is 6. The molecule has 6 heteroatoms. The normalized spacial score (nSPS) is 12.2. The number of amides is 2. The Morgan fingerprint density at radius 2 is 1.70 bits per heavy atom. The number of ether oxygens (including phenoxy) is 1. The van der Waals surface area contributed by atoms with E-state index in [4.69, 9.17) is 4.74 Å². The van der Waals surface area contributed by atoms with Gasteiger partial charge in [0.2, 0.25) is 0 Å². The average Bonchev–Trinajstić information content (AvgIpc) is 2.60. The van der Waals surface area contributed by atoms with Crippen LogP contribution in [0.25, 0.3) is 0 Å². The van der Waals surface area contributed by atoms with Crippen LogP contribution < -0.4 is 15.4 Å². The summed E-state index contributed by atoms with van der Waals surface area (Å²) >= 11 is 0. The maximum Gasteiger partial charge on any atom is 0.265 e. The number of carbonyl (C=O) groups excluding carboxylic acids is 2. The summed E-state index contributed by atoms with van der Waals surface area (Å²) in [5.74, 6) is -1.26. The minimum atomic E-state index is -0.888. The lowest BCUT2D eigenvalue weighted by Gasteiger charge is -2.22. The van der Waals surface area contributed by atoms with E-state index in [2.05, 4.69) is 10.6 Å². The van der Waals surface area contributed by atoms with E-state index in [1.54, 1.807) is 43.3 Å². The van der Waals surface area contributed by atoms with Gasteiger partial charge in [-0.25, -0.2) is 4.39 Å². The van der Waals surface area contributed by atoms with Crippen LogP contribution in [-0.4, -0.2) is 23.5 Å². The van der Waals surface area contributed by atoms with Gasteiger partial charge in [-0.3, -0.25) is 9.59 Å². The fourth-order valence-electron chi connectivity index (χ4n) is 2.43. The fourth-order valence-corrected chi connectivity index (χ4v) is 2.43. The van der Waals surface area contributed by atoms with Crippen molar-refractivity contribution in [1.82, 2.24) is 5.32 Å². The van der Waals surface area contributed by atoms with Gasteiger partial charge < -0.3 is 15.4 Å². The van der Waals surface area contributed by atoms with Gasteiger partial charge in [0.25, 0.3) is 11.8 Å². The van der Waals surface area contributed by atoms with Crippen molar-refractivity contribution in [2.75, 3.05) is 5.32 Å². The van der Waals surface area contributed by atoms with Crippen molar-refractivity contribution < 1.29 is 18.7 Å². The van der Waals surface area contributed by atoms with Crippen LogP contribution in [-0.2, 0) is 4.79 Å². The third kappa shape index (κ3) is 5.81. The van der Waals surface area contributed by atoms with Crippen molar-refractivity contribution in [3.05, 3.63) is 59.9 Å². The van der Waals surface area contributed by atoms with Gasteiger partial charge in [0.05, 0.1) is 11.3 Å². The minimum Gasteiger partial charge on any atom is -0.478 e. The molecule has 0 radical (unpaired) electrons. The number of halogens is 1. The summed E-state index contributed by atoms with van der Waals surface area (Å²) < 4.78 is 19.3. The van der Waals surface area contributed by atoms with Gasteiger partial charge >= 0.3 is 0 Å². The van der Waals surface area contributed by atoms with Gasteiger partial charge in [0.15, 0.2) is 17.7 Å². The van der Waals surface area contributed by atoms with Crippen LogP contribution in [0.3, 0.4) is 0 Å². The Balaban J connectivity index is 2.17. The number of para-hydroxylation sites is 2. The molecule has 0 bridgehead atoms. The van der Waals surface area contributed by atoms with Crippen molar-refractivity contribution in [1.29, 1.82) is 0 Å². The van der Waals surface area contributed by atoms with Gasteiger partial charge in [0.1, 0.15) is 0 Å². The van der Waals surface area contributed by atoms with Gasteiger partial charge in [-0.1, -0.05) is 31.2 Å². The predicted octanol–water partition coefficient (Wildman–Crippen LogP) is 4.15. The van der Waals surface area contributed by atoms with Crippen molar-refractivity contribution >= 4 is 17.5 Å². The summed E-state index contributed by atoms with van der Waals surface area (Å²) in [5.41, 5.74) is 0.315. The zero-order valence-corrected chi connectivity index (χ0v) is 16.0. The lowest BCUT2D eigenvalue weighted by Crippen LogP contribution is -2.41. The molecule has 0 saturated carbocycles. The second-order valence-electron chi connectivity index (χ2n) is 7.18. The first-order chi connectivity index (χ1) is 12.7. The molecule has 0 heterocycles. The van der Waals surface area contributed by atoms with E-state index in [1.165, 1.54) is 12.1 Å². The van der Waals surface area contributed by atoms with Crippen LogP contribution in [0.15, 0.2) is 48.5 Å². The molecule has 27 heavy (non-hydrogen) atoms. The summed E-state index contributed by atoms with van der Waals surface area (Å²) in [6.45, 7) is 7.40. The second-order valence-corrected chi connectivity index (χ2v) is 7.18. The van der Waals surface area contributed by atoms with Gasteiger partial charge in [-0.2, -0.15) is 0 Å². The summed E-state index contributed by atoms with van der Waals surface area (Å²) in [6.07, 6.45) is -0.545. The molecule has 144 valence electrons. The van der Waals surface area contributed by atoms with Gasteiger partial charge in [-0.15, -0.1) is 0 Å². The van der Waals surface area contributed by atoms with Crippen molar-refractivity contribution in [2.24, 2.45) is 0 Å². The maximum atomic E-state index is 13.8. The standard InChI is InChI=1S/C21H25FN2O3/c1-5-17(27-18-13-9-7-11-15(18)22)20(26)23-16-12-8-6-10-14(16)19(25)24-21(2,3)4/h6-13,17H,5H2,1-4H3,(H,23,26)(H,24,25)/t17-/m1/s1. The van der Waals surface area contributed by atoms with E-state index in [-0.39, 0.29) is 11.7 Å². The van der Waals surface area contributed by atoms with E-state index in [0.29, 0.717) is 17.7 Å². The molecule has 2 N–H and O–H groups in total. The molecule has 0 saturated heterocycles. The topological polar surface area (TPSA) is 67.4 Å². The molecule has 0 aliphatic heterocycles. The van der Waals surface area contributed by atoms with Crippen LogP contribution in [0.1, 0.15) is 44.5 Å². The highest BCUT2D eigenvalue weighted by atomic mass is 19.1. The Hall–Kier alpha value is -2.89. The first-order valence-electron chi connectivity index (χ1n) is 8.85. The molecule has 2 aromatic rings. The van der Waals surface area contributed by atoms with Crippen LogP contribution in [0.2, 0.25) is 0 Å². The molecule has 0 unspecified atom stereocenters. The molecule has 0 aliphatic rings. The molecule has 2 amide bonds. The number of anilines is 1. The van der Waals surface area contributed by atoms with Crippen LogP contribution >= 0.6 is 0 Å². The lowest BCUT2D eigenvalue weighted by molar-refractivity contribution is -0.122. The summed E-state index contributed by atoms with van der Waals surface area (Å²) in [7, 11) is 0. The van der Waals surface area contributed by atoms with E-state index >= 15 is 0 Å². The molecule has 0 aromatic heterocycles. The Morgan fingerprint density at radius 1 is 1.07 bits per heavy atom. The highest BCUT2D eigenvalue weighted by molar-refractivity contribution is 6.04. The fraction of sp³-hybridized carbons (Fsp3) is 0.333. The smallest absolute Gasteiger partial charge is 0.265 e. The van der Waals surface area contributed by atoms with Crippen LogP contribution in [0, 0.1) is 5.82 Å². The van der Waals surface area contributed by atoms with Crippen molar-refractivity contribution in [3.63, 3.8) is 0 Å². The molecular weight excluding hydrogens is 347 g/mol. The number of carbonyl (C=O) groups is 2. The molecular formula is C21H25FN2O3. The molecule has 0 fully saturated rings. The third-order valence-corrected chi connectivity index (χ3v) is 3.69. The van der Waals surface area contributed by atoms with E-state index in [1.807, 2.05) is 20.8 Å². The van der Waals surface area contributed by atoms with E-state index in [0.717, 1.165) is 0 Å². The molecule has 1 atom stereocenters. The van der Waals surface area contributed by atoms with Gasteiger partial charge in [-0.05, 0) is 51.5 Å². The molecule has 5 nitrogen and oxygen atoms in total. The Bertz CT molecular complexity index is 815. The zero-order valence-electron chi connectivity index (χ0n) is 16.0. The first-order valence-corrected chi connectivity index (χ1v) is 8.85. The average molecular weight is 372 g/mol. The predicted molar refractivity (Wildman–Crippen MR) is 103 cm³/mol. The Labute approximate surface area is 158 Å². The monoisotopic (exact) mass is 372 g/mol. The van der Waals surface area contributed by atoms with Crippen molar-refractivity contribution in [3.8, 4) is 5.75 Å². The van der Waals surface area contributed by atoms with Crippen molar-refractivity contribution in [2.45, 2.75) is 45.8 Å². The highest BCUT2D eigenvalue weighted by Gasteiger charge is 2.23. The molecule has 0 aliphatic carbocycles. The van der Waals surface area contributed by atoms with Crippen LogP contribution in [0.5, 0.6) is 5.75 Å². The number of hydrogen-bond donors (Lipinski definition) is 2. The van der Waals surface area contributed by atoms with E-state index < -0.39 is 23.4 Å². The molecule has 0 spiro atoms. The number of nitrogens with one attached hydrogen (secondary N) is 2. The zero-order chi connectivity index (χ0) is 20.0. The summed E-state index contributed by atoms with van der Waals surface area (Å²) in [5, 5.41) is 5.59. The minimum absolute atomic E-state index is 0.0123. The third-order valence-electron chi connectivity index (χ3n) is 3.69. The highest BCUT2D eigenvalue weighted by Crippen LogP contribution is 2.20. The van der Waals surface area contributed by atoms with E-state index in [9.17, 15) is 14.0 Å². The van der Waals surface area contributed by atoms with Crippen LogP contribution in [0.4, 0.5) is 10.1 Å².